The predicted octanol–water partition coefficient (Wildman–Crippen LogP) is 1.56. The van der Waals surface area contributed by atoms with Crippen molar-refractivity contribution in [2.75, 3.05) is 6.61 Å². The highest BCUT2D eigenvalue weighted by Crippen LogP contribution is 2.20. The van der Waals surface area contributed by atoms with Crippen LogP contribution in [0.1, 0.15) is 28.4 Å². The van der Waals surface area contributed by atoms with Crippen molar-refractivity contribution in [3.05, 3.63) is 35.4 Å². The van der Waals surface area contributed by atoms with E-state index in [4.69, 9.17) is 9.84 Å². The quantitative estimate of drug-likeness (QED) is 0.794. The third-order valence-corrected chi connectivity index (χ3v) is 2.49. The molecule has 1 heterocycles. The molecule has 5 heteroatoms. The number of carbonyl (C=O) groups excluding carboxylic acids is 1. The fourth-order valence-electron chi connectivity index (χ4n) is 1.63. The first-order valence-corrected chi connectivity index (χ1v) is 4.93. The van der Waals surface area contributed by atoms with Gasteiger partial charge in [0.1, 0.15) is 0 Å². The Kier molecular flexibility index (Phi) is 2.76. The van der Waals surface area contributed by atoms with Crippen molar-refractivity contribution in [1.29, 1.82) is 0 Å². The topological polar surface area (TPSA) is 75.6 Å². The van der Waals surface area contributed by atoms with Crippen molar-refractivity contribution in [3.8, 4) is 0 Å². The van der Waals surface area contributed by atoms with E-state index in [-0.39, 0.29) is 11.6 Å². The molecule has 0 saturated carbocycles. The van der Waals surface area contributed by atoms with Gasteiger partial charge in [-0.25, -0.2) is 9.59 Å². The molecule has 2 rings (SSSR count). The number of amides is 1. The molecule has 1 aromatic rings. The Morgan fingerprint density at radius 1 is 1.38 bits per heavy atom. The molecule has 1 amide bonds. The average Bonchev–Trinajstić information content (AvgIpc) is 2.29. The fourth-order valence-corrected chi connectivity index (χ4v) is 1.63. The fraction of sp³-hybridized carbons (Fsp3) is 0.273. The van der Waals surface area contributed by atoms with Crippen molar-refractivity contribution < 1.29 is 19.4 Å². The minimum absolute atomic E-state index is 0.0934. The minimum atomic E-state index is -0.956. The second-order valence-corrected chi connectivity index (χ2v) is 3.55. The number of cyclic esters (lactones) is 1. The van der Waals surface area contributed by atoms with E-state index in [1.807, 2.05) is 0 Å². The van der Waals surface area contributed by atoms with Gasteiger partial charge in [0.15, 0.2) is 0 Å². The summed E-state index contributed by atoms with van der Waals surface area (Å²) in [6.07, 6.45) is 0.261. The van der Waals surface area contributed by atoms with Gasteiger partial charge in [0.2, 0.25) is 0 Å². The smallest absolute Gasteiger partial charge is 0.407 e. The number of aromatic carboxylic acids is 1. The van der Waals surface area contributed by atoms with Crippen LogP contribution in [0, 0.1) is 0 Å². The van der Waals surface area contributed by atoms with Gasteiger partial charge in [0.05, 0.1) is 18.2 Å². The Labute approximate surface area is 92.0 Å². The number of carbonyl (C=O) groups is 2. The summed E-state index contributed by atoms with van der Waals surface area (Å²) in [5.74, 6) is -0.956. The van der Waals surface area contributed by atoms with Crippen LogP contribution in [-0.4, -0.2) is 23.8 Å². The normalized spacial score (nSPS) is 19.8. The molecule has 0 unspecified atom stereocenters. The van der Waals surface area contributed by atoms with E-state index in [0.717, 1.165) is 5.56 Å². The van der Waals surface area contributed by atoms with Gasteiger partial charge in [0.25, 0.3) is 0 Å². The maximum absolute atomic E-state index is 11.0. The van der Waals surface area contributed by atoms with E-state index in [1.165, 1.54) is 12.1 Å². The van der Waals surface area contributed by atoms with Crippen molar-refractivity contribution in [2.24, 2.45) is 0 Å². The lowest BCUT2D eigenvalue weighted by atomic mass is 10.0. The van der Waals surface area contributed by atoms with E-state index in [9.17, 15) is 9.59 Å². The molecule has 1 fully saturated rings. The Balaban J connectivity index is 2.14. The number of carboxylic acid groups (broad SMARTS) is 1. The van der Waals surface area contributed by atoms with E-state index < -0.39 is 12.1 Å². The number of alkyl carbamates (subject to hydrolysis) is 1. The molecule has 1 saturated heterocycles. The number of ether oxygens (including phenoxy) is 1. The van der Waals surface area contributed by atoms with Crippen LogP contribution in [0.3, 0.4) is 0 Å². The molecule has 1 atom stereocenters. The molecule has 1 aliphatic rings. The van der Waals surface area contributed by atoms with Gasteiger partial charge < -0.3 is 15.2 Å². The van der Waals surface area contributed by atoms with Crippen LogP contribution in [0.2, 0.25) is 0 Å². The monoisotopic (exact) mass is 221 g/mol. The molecule has 0 radical (unpaired) electrons. The van der Waals surface area contributed by atoms with Crippen LogP contribution in [0.4, 0.5) is 4.79 Å². The van der Waals surface area contributed by atoms with Crippen molar-refractivity contribution in [1.82, 2.24) is 5.32 Å². The van der Waals surface area contributed by atoms with Gasteiger partial charge in [0, 0.05) is 6.42 Å². The molecule has 0 aromatic heterocycles. The first kappa shape index (κ1) is 10.5. The zero-order valence-corrected chi connectivity index (χ0v) is 8.47. The van der Waals surface area contributed by atoms with Gasteiger partial charge in [-0.1, -0.05) is 12.1 Å². The second kappa shape index (κ2) is 4.22. The van der Waals surface area contributed by atoms with Gasteiger partial charge in [-0.05, 0) is 17.7 Å². The standard InChI is InChI=1S/C11H11NO4/c13-10(14)8-3-1-7(2-4-8)9-5-6-16-11(15)12-9/h1-4,9H,5-6H2,(H,12,15)(H,13,14)/t9-/m1/s1. The van der Waals surface area contributed by atoms with Crippen LogP contribution in [0.25, 0.3) is 0 Å². The molecule has 0 bridgehead atoms. The Bertz CT molecular complexity index is 412. The second-order valence-electron chi connectivity index (χ2n) is 3.55. The summed E-state index contributed by atoms with van der Waals surface area (Å²) in [5.41, 5.74) is 1.13. The van der Waals surface area contributed by atoms with Gasteiger partial charge in [-0.3, -0.25) is 0 Å². The molecule has 0 spiro atoms. The van der Waals surface area contributed by atoms with Crippen LogP contribution in [0.5, 0.6) is 0 Å². The third kappa shape index (κ3) is 2.13. The first-order chi connectivity index (χ1) is 7.66. The molecule has 0 aliphatic carbocycles. The molecule has 1 aliphatic heterocycles. The van der Waals surface area contributed by atoms with E-state index in [1.54, 1.807) is 12.1 Å². The average molecular weight is 221 g/mol. The van der Waals surface area contributed by atoms with E-state index in [0.29, 0.717) is 13.0 Å². The van der Waals surface area contributed by atoms with Crippen LogP contribution >= 0.6 is 0 Å². The van der Waals surface area contributed by atoms with Gasteiger partial charge in [-0.15, -0.1) is 0 Å². The summed E-state index contributed by atoms with van der Waals surface area (Å²) in [6, 6.07) is 6.38. The summed E-state index contributed by atoms with van der Waals surface area (Å²) in [5, 5.41) is 11.4. The van der Waals surface area contributed by atoms with E-state index >= 15 is 0 Å². The lowest BCUT2D eigenvalue weighted by molar-refractivity contribution is 0.0696. The van der Waals surface area contributed by atoms with Gasteiger partial charge in [-0.2, -0.15) is 0 Å². The maximum atomic E-state index is 11.0. The van der Waals surface area contributed by atoms with Crippen LogP contribution < -0.4 is 5.32 Å². The predicted molar refractivity (Wildman–Crippen MR) is 55.2 cm³/mol. The summed E-state index contributed by atoms with van der Waals surface area (Å²) in [6.45, 7) is 0.386. The van der Waals surface area contributed by atoms with E-state index in [2.05, 4.69) is 5.32 Å². The molecule has 1 aromatic carbocycles. The molecule has 84 valence electrons. The zero-order valence-electron chi connectivity index (χ0n) is 8.47. The molecule has 2 N–H and O–H groups in total. The highest BCUT2D eigenvalue weighted by molar-refractivity contribution is 5.87. The summed E-state index contributed by atoms with van der Waals surface area (Å²) in [7, 11) is 0. The van der Waals surface area contributed by atoms with Crippen molar-refractivity contribution >= 4 is 12.1 Å². The van der Waals surface area contributed by atoms with Crippen molar-refractivity contribution in [2.45, 2.75) is 12.5 Å². The van der Waals surface area contributed by atoms with Crippen LogP contribution in [-0.2, 0) is 4.74 Å². The lowest BCUT2D eigenvalue weighted by Gasteiger charge is -2.23. The lowest BCUT2D eigenvalue weighted by Crippen LogP contribution is -2.35. The number of benzene rings is 1. The Morgan fingerprint density at radius 2 is 2.06 bits per heavy atom. The van der Waals surface area contributed by atoms with Crippen LogP contribution in [0.15, 0.2) is 24.3 Å². The number of hydrogen-bond donors (Lipinski definition) is 2. The minimum Gasteiger partial charge on any atom is -0.478 e. The summed E-state index contributed by atoms with van der Waals surface area (Å²) < 4.78 is 4.75. The number of carboxylic acids is 1. The summed E-state index contributed by atoms with van der Waals surface area (Å²) in [4.78, 5) is 21.6. The highest BCUT2D eigenvalue weighted by Gasteiger charge is 2.20. The van der Waals surface area contributed by atoms with Gasteiger partial charge >= 0.3 is 12.1 Å². The SMILES string of the molecule is O=C1N[C@@H](c2ccc(C(=O)O)cc2)CCO1. The summed E-state index contributed by atoms with van der Waals surface area (Å²) >= 11 is 0. The molecular formula is C11H11NO4. The Hall–Kier alpha value is -2.04. The first-order valence-electron chi connectivity index (χ1n) is 4.93. The number of nitrogens with one attached hydrogen (secondary N) is 1. The Morgan fingerprint density at radius 3 is 2.62 bits per heavy atom. The molecular weight excluding hydrogens is 210 g/mol. The van der Waals surface area contributed by atoms with Crippen molar-refractivity contribution in [3.63, 3.8) is 0 Å². The number of hydrogen-bond acceptors (Lipinski definition) is 3. The largest absolute Gasteiger partial charge is 0.478 e. The maximum Gasteiger partial charge on any atom is 0.407 e. The third-order valence-electron chi connectivity index (χ3n) is 2.49. The number of rotatable bonds is 2. The molecule has 16 heavy (non-hydrogen) atoms. The highest BCUT2D eigenvalue weighted by atomic mass is 16.5. The zero-order chi connectivity index (χ0) is 11.5. The molecule has 5 nitrogen and oxygen atoms in total.